The highest BCUT2D eigenvalue weighted by atomic mass is 16.5. The molecule has 4 heterocycles. The number of ether oxygens (including phenoxy) is 1. The van der Waals surface area contributed by atoms with Gasteiger partial charge in [0.2, 0.25) is 5.91 Å². The minimum absolute atomic E-state index is 0.295. The molecular weight excluding hydrogens is 386 g/mol. The van der Waals surface area contributed by atoms with Gasteiger partial charge in [-0.15, -0.1) is 0 Å². The van der Waals surface area contributed by atoms with Gasteiger partial charge in [0.1, 0.15) is 11.3 Å². The number of amides is 1. The number of hydrogen-bond donors (Lipinski definition) is 0. The van der Waals surface area contributed by atoms with Crippen molar-refractivity contribution in [3.05, 3.63) is 71.9 Å². The predicted octanol–water partition coefficient (Wildman–Crippen LogP) is 4.18. The molecule has 3 saturated heterocycles. The zero-order chi connectivity index (χ0) is 21.0. The number of hydrogen-bond acceptors (Lipinski definition) is 4. The van der Waals surface area contributed by atoms with Gasteiger partial charge in [-0.2, -0.15) is 0 Å². The van der Waals surface area contributed by atoms with Crippen LogP contribution in [0.25, 0.3) is 10.9 Å². The molecule has 0 radical (unpaired) electrons. The normalized spacial score (nSPS) is 27.6. The highest BCUT2D eigenvalue weighted by Crippen LogP contribution is 2.56. The summed E-state index contributed by atoms with van der Waals surface area (Å²) >= 11 is 0. The number of benzene rings is 2. The van der Waals surface area contributed by atoms with Crippen LogP contribution in [0.4, 0.5) is 0 Å². The highest BCUT2D eigenvalue weighted by Gasteiger charge is 2.65. The Balaban J connectivity index is 1.32. The van der Waals surface area contributed by atoms with Crippen LogP contribution < -0.4 is 4.74 Å². The molecule has 3 aromatic rings. The SMILES string of the molecule is COc1cccc(CN2C[C@@H]3C[C@@H](c4cccc5ncccc45)N4CCC[C@@]34C2=O)c1. The van der Waals surface area contributed by atoms with Gasteiger partial charge in [-0.3, -0.25) is 14.7 Å². The maximum absolute atomic E-state index is 13.8. The van der Waals surface area contributed by atoms with Crippen molar-refractivity contribution in [2.45, 2.75) is 37.4 Å². The molecule has 5 nitrogen and oxygen atoms in total. The Hall–Kier alpha value is -2.92. The Morgan fingerprint density at radius 3 is 2.97 bits per heavy atom. The Bertz CT molecular complexity index is 1160. The van der Waals surface area contributed by atoms with Gasteiger partial charge in [-0.25, -0.2) is 0 Å². The maximum Gasteiger partial charge on any atom is 0.243 e. The van der Waals surface area contributed by atoms with Crippen LogP contribution in [-0.2, 0) is 11.3 Å². The number of nitrogens with zero attached hydrogens (tertiary/aromatic N) is 3. The van der Waals surface area contributed by atoms with E-state index in [9.17, 15) is 4.79 Å². The first-order valence-electron chi connectivity index (χ1n) is 11.2. The quantitative estimate of drug-likeness (QED) is 0.644. The molecule has 0 aliphatic carbocycles. The van der Waals surface area contributed by atoms with Gasteiger partial charge in [-0.1, -0.05) is 30.3 Å². The van der Waals surface area contributed by atoms with Gasteiger partial charge in [-0.05, 0) is 61.2 Å². The molecule has 1 aromatic heterocycles. The topological polar surface area (TPSA) is 45.7 Å². The maximum atomic E-state index is 13.8. The molecule has 31 heavy (non-hydrogen) atoms. The van der Waals surface area contributed by atoms with Crippen LogP contribution in [0.3, 0.4) is 0 Å². The summed E-state index contributed by atoms with van der Waals surface area (Å²) in [6.07, 6.45) is 4.96. The van der Waals surface area contributed by atoms with Crippen molar-refractivity contribution < 1.29 is 9.53 Å². The van der Waals surface area contributed by atoms with Gasteiger partial charge in [0.25, 0.3) is 0 Å². The lowest BCUT2D eigenvalue weighted by molar-refractivity contribution is -0.137. The number of likely N-dealkylation sites (tertiary alicyclic amines) is 1. The highest BCUT2D eigenvalue weighted by molar-refractivity contribution is 5.91. The molecule has 0 bridgehead atoms. The molecule has 158 valence electrons. The fraction of sp³-hybridized carbons (Fsp3) is 0.385. The van der Waals surface area contributed by atoms with Crippen LogP contribution >= 0.6 is 0 Å². The van der Waals surface area contributed by atoms with Crippen LogP contribution in [0.1, 0.15) is 36.4 Å². The second-order valence-corrected chi connectivity index (χ2v) is 9.12. The summed E-state index contributed by atoms with van der Waals surface area (Å²) in [5, 5.41) is 1.22. The molecule has 3 aliphatic rings. The zero-order valence-electron chi connectivity index (χ0n) is 17.8. The van der Waals surface area contributed by atoms with E-state index in [1.165, 1.54) is 10.9 Å². The monoisotopic (exact) mass is 413 g/mol. The van der Waals surface area contributed by atoms with E-state index in [1.54, 1.807) is 7.11 Å². The molecule has 3 fully saturated rings. The Morgan fingerprint density at radius 2 is 2.06 bits per heavy atom. The fourth-order valence-electron chi connectivity index (χ4n) is 6.42. The summed E-state index contributed by atoms with van der Waals surface area (Å²) in [5.41, 5.74) is 3.17. The van der Waals surface area contributed by atoms with E-state index in [0.717, 1.165) is 49.2 Å². The van der Waals surface area contributed by atoms with Crippen LogP contribution in [-0.4, -0.2) is 46.4 Å². The van der Waals surface area contributed by atoms with Crippen LogP contribution in [0, 0.1) is 5.92 Å². The van der Waals surface area contributed by atoms with E-state index in [-0.39, 0.29) is 5.54 Å². The minimum Gasteiger partial charge on any atom is -0.497 e. The van der Waals surface area contributed by atoms with Crippen molar-refractivity contribution in [2.24, 2.45) is 5.92 Å². The average Bonchev–Trinajstić information content (AvgIpc) is 3.44. The number of pyridine rings is 1. The number of carbonyl (C=O) groups excluding carboxylic acids is 1. The summed E-state index contributed by atoms with van der Waals surface area (Å²) in [5.74, 6) is 1.54. The summed E-state index contributed by atoms with van der Waals surface area (Å²) in [7, 11) is 1.68. The number of carbonyl (C=O) groups is 1. The molecule has 3 aliphatic heterocycles. The molecule has 6 rings (SSSR count). The van der Waals surface area contributed by atoms with E-state index >= 15 is 0 Å². The van der Waals surface area contributed by atoms with Crippen molar-refractivity contribution in [3.63, 3.8) is 0 Å². The summed E-state index contributed by atoms with van der Waals surface area (Å²) in [4.78, 5) is 23.0. The lowest BCUT2D eigenvalue weighted by Gasteiger charge is -2.34. The standard InChI is InChI=1S/C26H27N3O2/c1-31-20-7-2-6-18(14-20)16-28-17-19-15-24(29-13-5-11-26(19,29)25(28)30)22-8-3-10-23-21(22)9-4-12-27-23/h2-4,6-10,12,14,19,24H,5,11,13,15-17H2,1H3/t19-,24-,26-/m0/s1. The summed E-state index contributed by atoms with van der Waals surface area (Å²) in [6.45, 7) is 2.49. The molecule has 0 unspecified atom stereocenters. The Labute approximate surface area is 182 Å². The lowest BCUT2D eigenvalue weighted by Crippen LogP contribution is -2.49. The zero-order valence-corrected chi connectivity index (χ0v) is 17.8. The van der Waals surface area contributed by atoms with Crippen molar-refractivity contribution in [3.8, 4) is 5.75 Å². The van der Waals surface area contributed by atoms with Gasteiger partial charge in [0.05, 0.1) is 12.6 Å². The largest absolute Gasteiger partial charge is 0.497 e. The van der Waals surface area contributed by atoms with Crippen molar-refractivity contribution >= 4 is 16.8 Å². The lowest BCUT2D eigenvalue weighted by atomic mass is 9.85. The van der Waals surface area contributed by atoms with Gasteiger partial charge < -0.3 is 9.64 Å². The Kier molecular flexibility index (Phi) is 4.29. The first-order valence-corrected chi connectivity index (χ1v) is 11.2. The van der Waals surface area contributed by atoms with Crippen LogP contribution in [0.2, 0.25) is 0 Å². The first kappa shape index (κ1) is 18.8. The van der Waals surface area contributed by atoms with Gasteiger partial charge >= 0.3 is 0 Å². The smallest absolute Gasteiger partial charge is 0.243 e. The van der Waals surface area contributed by atoms with Crippen LogP contribution in [0.5, 0.6) is 5.75 Å². The molecule has 5 heteroatoms. The summed E-state index contributed by atoms with van der Waals surface area (Å²) in [6, 6.07) is 19.0. The molecule has 1 amide bonds. The third kappa shape index (κ3) is 2.72. The Morgan fingerprint density at radius 1 is 1.16 bits per heavy atom. The second kappa shape index (κ2) is 7.06. The number of fused-ring (bicyclic) bond motifs is 1. The third-order valence-corrected chi connectivity index (χ3v) is 7.67. The van der Waals surface area contributed by atoms with Gasteiger partial charge in [0, 0.05) is 36.6 Å². The molecule has 0 saturated carbocycles. The van der Waals surface area contributed by atoms with Crippen LogP contribution in [0.15, 0.2) is 60.8 Å². The molecule has 1 spiro atoms. The average molecular weight is 414 g/mol. The van der Waals surface area contributed by atoms with E-state index in [1.807, 2.05) is 30.5 Å². The molecular formula is C26H27N3O2. The van der Waals surface area contributed by atoms with E-state index in [4.69, 9.17) is 4.74 Å². The molecule has 3 atom stereocenters. The van der Waals surface area contributed by atoms with E-state index in [0.29, 0.717) is 24.4 Å². The van der Waals surface area contributed by atoms with E-state index < -0.39 is 0 Å². The summed E-state index contributed by atoms with van der Waals surface area (Å²) < 4.78 is 5.37. The second-order valence-electron chi connectivity index (χ2n) is 9.12. The number of methoxy groups -OCH3 is 1. The predicted molar refractivity (Wildman–Crippen MR) is 120 cm³/mol. The van der Waals surface area contributed by atoms with E-state index in [2.05, 4.69) is 45.1 Å². The van der Waals surface area contributed by atoms with Gasteiger partial charge in [0.15, 0.2) is 0 Å². The third-order valence-electron chi connectivity index (χ3n) is 7.67. The molecule has 2 aromatic carbocycles. The number of rotatable bonds is 4. The first-order chi connectivity index (χ1) is 15.2. The van der Waals surface area contributed by atoms with Crippen molar-refractivity contribution in [1.82, 2.24) is 14.8 Å². The van der Waals surface area contributed by atoms with Crippen molar-refractivity contribution in [1.29, 1.82) is 0 Å². The van der Waals surface area contributed by atoms with Crippen molar-refractivity contribution in [2.75, 3.05) is 20.2 Å². The fourth-order valence-corrected chi connectivity index (χ4v) is 6.42. The molecule has 0 N–H and O–H groups in total. The number of aromatic nitrogens is 1. The minimum atomic E-state index is -0.325.